The van der Waals surface area contributed by atoms with Crippen molar-refractivity contribution in [3.05, 3.63) is 23.3 Å². The smallest absolute Gasteiger partial charge is 0.407 e. The van der Waals surface area contributed by atoms with Gasteiger partial charge < -0.3 is 15.2 Å². The van der Waals surface area contributed by atoms with Gasteiger partial charge in [0.05, 0.1) is 11.4 Å². The van der Waals surface area contributed by atoms with E-state index in [0.29, 0.717) is 37.5 Å². The fourth-order valence-corrected chi connectivity index (χ4v) is 2.48. The average Bonchev–Trinajstić information content (AvgIpc) is 2.46. The molecule has 2 heterocycles. The second-order valence-electron chi connectivity index (χ2n) is 4.95. The summed E-state index contributed by atoms with van der Waals surface area (Å²) in [6, 6.07) is 0. The van der Waals surface area contributed by atoms with Gasteiger partial charge in [0.15, 0.2) is 0 Å². The zero-order valence-electron chi connectivity index (χ0n) is 11.6. The standard InChI is InChI=1S/C13H18N4O3/c1-8(16-20)11-7-14-9(2)15-12(11)10-3-5-17(6-4-10)13(18)19/h7,10,20H,3-6H2,1-2H3,(H,18,19)/b16-8+. The highest BCUT2D eigenvalue weighted by molar-refractivity contribution is 5.99. The van der Waals surface area contributed by atoms with Crippen molar-refractivity contribution in [3.8, 4) is 0 Å². The van der Waals surface area contributed by atoms with E-state index in [-0.39, 0.29) is 5.92 Å². The van der Waals surface area contributed by atoms with E-state index in [1.807, 2.05) is 6.92 Å². The van der Waals surface area contributed by atoms with Gasteiger partial charge in [0.25, 0.3) is 0 Å². The van der Waals surface area contributed by atoms with Gasteiger partial charge in [-0.25, -0.2) is 14.8 Å². The Hall–Kier alpha value is -2.18. The molecule has 0 aliphatic carbocycles. The Morgan fingerprint density at radius 2 is 2.10 bits per heavy atom. The topological polar surface area (TPSA) is 98.9 Å². The van der Waals surface area contributed by atoms with Crippen LogP contribution in [0.1, 0.15) is 42.8 Å². The van der Waals surface area contributed by atoms with E-state index < -0.39 is 6.09 Å². The van der Waals surface area contributed by atoms with Gasteiger partial charge in [-0.3, -0.25) is 0 Å². The molecule has 108 valence electrons. The second kappa shape index (κ2) is 5.85. The van der Waals surface area contributed by atoms with E-state index in [2.05, 4.69) is 15.1 Å². The summed E-state index contributed by atoms with van der Waals surface area (Å²) in [4.78, 5) is 20.9. The molecule has 2 N–H and O–H groups in total. The van der Waals surface area contributed by atoms with Gasteiger partial charge in [-0.05, 0) is 26.7 Å². The van der Waals surface area contributed by atoms with Crippen molar-refractivity contribution in [2.24, 2.45) is 5.16 Å². The number of piperidine rings is 1. The average molecular weight is 278 g/mol. The first-order valence-corrected chi connectivity index (χ1v) is 6.53. The Labute approximate surface area is 117 Å². The molecule has 1 aromatic heterocycles. The molecule has 20 heavy (non-hydrogen) atoms. The molecule has 0 bridgehead atoms. The highest BCUT2D eigenvalue weighted by Gasteiger charge is 2.26. The van der Waals surface area contributed by atoms with Crippen molar-refractivity contribution >= 4 is 11.8 Å². The maximum absolute atomic E-state index is 10.9. The summed E-state index contributed by atoms with van der Waals surface area (Å²) in [7, 11) is 0. The summed E-state index contributed by atoms with van der Waals surface area (Å²) in [5.41, 5.74) is 2.05. The molecule has 1 saturated heterocycles. The highest BCUT2D eigenvalue weighted by atomic mass is 16.4. The lowest BCUT2D eigenvalue weighted by atomic mass is 9.90. The van der Waals surface area contributed by atoms with Crippen LogP contribution in [0.5, 0.6) is 0 Å². The number of aryl methyl sites for hydroxylation is 1. The van der Waals surface area contributed by atoms with Gasteiger partial charge in [-0.1, -0.05) is 5.16 Å². The fourth-order valence-electron chi connectivity index (χ4n) is 2.48. The van der Waals surface area contributed by atoms with Gasteiger partial charge in [0.1, 0.15) is 5.82 Å². The molecular weight excluding hydrogens is 260 g/mol. The van der Waals surface area contributed by atoms with Crippen molar-refractivity contribution in [2.45, 2.75) is 32.6 Å². The third-order valence-electron chi connectivity index (χ3n) is 3.63. The van der Waals surface area contributed by atoms with Crippen molar-refractivity contribution in [2.75, 3.05) is 13.1 Å². The van der Waals surface area contributed by atoms with Crippen molar-refractivity contribution in [3.63, 3.8) is 0 Å². The number of nitrogens with zero attached hydrogens (tertiary/aromatic N) is 4. The largest absolute Gasteiger partial charge is 0.465 e. The van der Waals surface area contributed by atoms with E-state index in [1.54, 1.807) is 13.1 Å². The van der Waals surface area contributed by atoms with Crippen molar-refractivity contribution in [1.29, 1.82) is 0 Å². The number of carbonyl (C=O) groups is 1. The number of likely N-dealkylation sites (tertiary alicyclic amines) is 1. The fraction of sp³-hybridized carbons (Fsp3) is 0.538. The van der Waals surface area contributed by atoms with Gasteiger partial charge in [0, 0.05) is 30.8 Å². The predicted octanol–water partition coefficient (Wildman–Crippen LogP) is 1.84. The number of carboxylic acid groups (broad SMARTS) is 1. The number of aromatic nitrogens is 2. The molecule has 1 aliphatic heterocycles. The van der Waals surface area contributed by atoms with Crippen molar-refractivity contribution in [1.82, 2.24) is 14.9 Å². The summed E-state index contributed by atoms with van der Waals surface area (Å²) < 4.78 is 0. The molecule has 1 aliphatic rings. The van der Waals surface area contributed by atoms with Crippen LogP contribution < -0.4 is 0 Å². The zero-order chi connectivity index (χ0) is 14.7. The van der Waals surface area contributed by atoms with E-state index in [0.717, 1.165) is 11.3 Å². The zero-order valence-corrected chi connectivity index (χ0v) is 11.6. The summed E-state index contributed by atoms with van der Waals surface area (Å²) in [5.74, 6) is 0.828. The first-order valence-electron chi connectivity index (χ1n) is 6.53. The van der Waals surface area contributed by atoms with Crippen LogP contribution in [-0.2, 0) is 0 Å². The van der Waals surface area contributed by atoms with Crippen LogP contribution >= 0.6 is 0 Å². The monoisotopic (exact) mass is 278 g/mol. The number of hydrogen-bond acceptors (Lipinski definition) is 5. The van der Waals surface area contributed by atoms with E-state index in [4.69, 9.17) is 10.3 Å². The summed E-state index contributed by atoms with van der Waals surface area (Å²) in [6.07, 6.45) is 2.22. The first kappa shape index (κ1) is 14.2. The molecule has 7 nitrogen and oxygen atoms in total. The molecule has 1 fully saturated rings. The molecule has 0 atom stereocenters. The Bertz CT molecular complexity index is 536. The molecule has 0 spiro atoms. The van der Waals surface area contributed by atoms with Gasteiger partial charge in [0.2, 0.25) is 0 Å². The summed E-state index contributed by atoms with van der Waals surface area (Å²) >= 11 is 0. The Balaban J connectivity index is 2.25. The first-order chi connectivity index (χ1) is 9.52. The van der Waals surface area contributed by atoms with Gasteiger partial charge in [-0.2, -0.15) is 0 Å². The molecule has 2 rings (SSSR count). The number of hydrogen-bond donors (Lipinski definition) is 2. The lowest BCUT2D eigenvalue weighted by Crippen LogP contribution is -2.37. The van der Waals surface area contributed by atoms with Crippen LogP contribution in [0.4, 0.5) is 4.79 Å². The minimum Gasteiger partial charge on any atom is -0.465 e. The molecule has 0 radical (unpaired) electrons. The molecule has 1 aromatic rings. The van der Waals surface area contributed by atoms with Gasteiger partial charge >= 0.3 is 6.09 Å². The van der Waals surface area contributed by atoms with E-state index >= 15 is 0 Å². The third-order valence-corrected chi connectivity index (χ3v) is 3.63. The molecule has 1 amide bonds. The van der Waals surface area contributed by atoms with E-state index in [9.17, 15) is 4.79 Å². The van der Waals surface area contributed by atoms with Crippen LogP contribution in [0.15, 0.2) is 11.4 Å². The third kappa shape index (κ3) is 2.87. The highest BCUT2D eigenvalue weighted by Crippen LogP contribution is 2.29. The molecular formula is C13H18N4O3. The maximum Gasteiger partial charge on any atom is 0.407 e. The van der Waals surface area contributed by atoms with Crippen LogP contribution in [0.2, 0.25) is 0 Å². The predicted molar refractivity (Wildman–Crippen MR) is 72.3 cm³/mol. The number of amides is 1. The molecule has 0 saturated carbocycles. The maximum atomic E-state index is 10.9. The summed E-state index contributed by atoms with van der Waals surface area (Å²) in [5, 5.41) is 21.1. The molecule has 0 unspecified atom stereocenters. The van der Waals surface area contributed by atoms with Gasteiger partial charge in [-0.15, -0.1) is 0 Å². The minimum atomic E-state index is -0.879. The second-order valence-corrected chi connectivity index (χ2v) is 4.95. The Kier molecular flexibility index (Phi) is 4.16. The lowest BCUT2D eigenvalue weighted by Gasteiger charge is -2.30. The minimum absolute atomic E-state index is 0.166. The van der Waals surface area contributed by atoms with Crippen LogP contribution in [0.25, 0.3) is 0 Å². The lowest BCUT2D eigenvalue weighted by molar-refractivity contribution is 0.131. The van der Waals surface area contributed by atoms with Crippen LogP contribution in [0, 0.1) is 6.92 Å². The Morgan fingerprint density at radius 3 is 2.65 bits per heavy atom. The van der Waals surface area contributed by atoms with E-state index in [1.165, 1.54) is 4.90 Å². The Morgan fingerprint density at radius 1 is 1.45 bits per heavy atom. The van der Waals surface area contributed by atoms with Crippen LogP contribution in [-0.4, -0.2) is 50.1 Å². The van der Waals surface area contributed by atoms with Crippen LogP contribution in [0.3, 0.4) is 0 Å². The number of oxime groups is 1. The SMILES string of the molecule is C/C(=N\O)c1cnc(C)nc1C1CCN(C(=O)O)CC1. The molecule has 7 heteroatoms. The normalized spacial score (nSPS) is 17.3. The van der Waals surface area contributed by atoms with Crippen molar-refractivity contribution < 1.29 is 15.1 Å². The number of rotatable bonds is 2. The quantitative estimate of drug-likeness (QED) is 0.488. The summed E-state index contributed by atoms with van der Waals surface area (Å²) in [6.45, 7) is 4.50. The molecule has 0 aromatic carbocycles.